The van der Waals surface area contributed by atoms with E-state index >= 15 is 0 Å². The topological polar surface area (TPSA) is 53.5 Å². The molecule has 0 atom stereocenters. The number of ether oxygens (including phenoxy) is 1. The molecule has 1 saturated carbocycles. The fraction of sp³-hybridized carbons (Fsp3) is 0.316. The maximum absolute atomic E-state index is 9.54. The van der Waals surface area contributed by atoms with Crippen molar-refractivity contribution in [3.8, 4) is 11.5 Å². The fourth-order valence-corrected chi connectivity index (χ4v) is 3.09. The van der Waals surface area contributed by atoms with Gasteiger partial charge in [0, 0.05) is 11.7 Å². The first kappa shape index (κ1) is 16.7. The molecule has 0 unspecified atom stereocenters. The molecule has 0 heterocycles. The largest absolute Gasteiger partial charge is 0.457 e. The molecular formula is C19H22N2O2S. The minimum absolute atomic E-state index is 0.151. The summed E-state index contributed by atoms with van der Waals surface area (Å²) >= 11 is 5.37. The maximum Gasteiger partial charge on any atom is 0.170 e. The van der Waals surface area contributed by atoms with Gasteiger partial charge in [-0.05, 0) is 74.3 Å². The van der Waals surface area contributed by atoms with Crippen LogP contribution in [0.1, 0.15) is 25.7 Å². The molecule has 2 aromatic rings. The standard InChI is InChI=1S/C19H22N2O2S/c22-16-10-6-14(7-11-16)20-19(24)21-15-8-12-18(13-9-15)23-17-4-2-1-3-5-17/h1-5,8-9,12-14,16,22H,6-7,10-11H2,(H2,20,21,24). The molecule has 0 spiro atoms. The summed E-state index contributed by atoms with van der Waals surface area (Å²) in [5.74, 6) is 1.60. The van der Waals surface area contributed by atoms with E-state index in [9.17, 15) is 5.11 Å². The van der Waals surface area contributed by atoms with Crippen molar-refractivity contribution in [2.75, 3.05) is 5.32 Å². The van der Waals surface area contributed by atoms with Gasteiger partial charge in [0.15, 0.2) is 5.11 Å². The number of aliphatic hydroxyl groups excluding tert-OH is 1. The molecule has 0 aromatic heterocycles. The lowest BCUT2D eigenvalue weighted by atomic mass is 9.93. The molecule has 24 heavy (non-hydrogen) atoms. The van der Waals surface area contributed by atoms with Crippen LogP contribution in [0, 0.1) is 0 Å². The Morgan fingerprint density at radius 3 is 2.21 bits per heavy atom. The Kier molecular flexibility index (Phi) is 5.67. The molecule has 1 aliphatic rings. The Bertz CT molecular complexity index is 653. The van der Waals surface area contributed by atoms with Crippen LogP contribution >= 0.6 is 12.2 Å². The monoisotopic (exact) mass is 342 g/mol. The van der Waals surface area contributed by atoms with Gasteiger partial charge in [-0.1, -0.05) is 18.2 Å². The smallest absolute Gasteiger partial charge is 0.170 e. The van der Waals surface area contributed by atoms with Gasteiger partial charge in [0.25, 0.3) is 0 Å². The van der Waals surface area contributed by atoms with Crippen LogP contribution in [0.4, 0.5) is 5.69 Å². The van der Waals surface area contributed by atoms with Crippen LogP contribution in [-0.2, 0) is 0 Å². The van der Waals surface area contributed by atoms with Crippen molar-refractivity contribution in [2.45, 2.75) is 37.8 Å². The molecule has 0 aliphatic heterocycles. The molecule has 3 rings (SSSR count). The van der Waals surface area contributed by atoms with Crippen molar-refractivity contribution >= 4 is 23.0 Å². The molecule has 1 fully saturated rings. The van der Waals surface area contributed by atoms with Gasteiger partial charge in [0.1, 0.15) is 11.5 Å². The van der Waals surface area contributed by atoms with Crippen molar-refractivity contribution in [1.29, 1.82) is 0 Å². The summed E-state index contributed by atoms with van der Waals surface area (Å²) in [7, 11) is 0. The van der Waals surface area contributed by atoms with Crippen LogP contribution in [0.2, 0.25) is 0 Å². The molecule has 5 heteroatoms. The lowest BCUT2D eigenvalue weighted by Crippen LogP contribution is -2.40. The summed E-state index contributed by atoms with van der Waals surface area (Å²) in [6.07, 6.45) is 3.43. The quantitative estimate of drug-likeness (QED) is 0.731. The van der Waals surface area contributed by atoms with Crippen molar-refractivity contribution in [3.05, 3.63) is 54.6 Å². The first-order chi connectivity index (χ1) is 11.7. The van der Waals surface area contributed by atoms with E-state index in [1.165, 1.54) is 0 Å². The van der Waals surface area contributed by atoms with Gasteiger partial charge in [0.2, 0.25) is 0 Å². The number of hydrogen-bond donors (Lipinski definition) is 3. The molecule has 4 nitrogen and oxygen atoms in total. The Morgan fingerprint density at radius 2 is 1.54 bits per heavy atom. The number of anilines is 1. The highest BCUT2D eigenvalue weighted by atomic mass is 32.1. The third kappa shape index (κ3) is 4.94. The third-order valence-corrected chi connectivity index (χ3v) is 4.34. The normalized spacial score (nSPS) is 20.2. The number of thiocarbonyl (C=S) groups is 1. The van der Waals surface area contributed by atoms with Crippen LogP contribution in [0.25, 0.3) is 0 Å². The summed E-state index contributed by atoms with van der Waals surface area (Å²) in [5, 5.41) is 16.7. The summed E-state index contributed by atoms with van der Waals surface area (Å²) in [5.41, 5.74) is 0.920. The SMILES string of the molecule is OC1CCC(NC(=S)Nc2ccc(Oc3ccccc3)cc2)CC1. The first-order valence-electron chi connectivity index (χ1n) is 8.27. The molecule has 0 bridgehead atoms. The summed E-state index contributed by atoms with van der Waals surface area (Å²) in [6.45, 7) is 0. The lowest BCUT2D eigenvalue weighted by molar-refractivity contribution is 0.120. The number of rotatable bonds is 4. The number of benzene rings is 2. The average molecular weight is 342 g/mol. The second kappa shape index (κ2) is 8.13. The molecule has 0 saturated heterocycles. The van der Waals surface area contributed by atoms with Crippen LogP contribution in [0.3, 0.4) is 0 Å². The number of hydrogen-bond acceptors (Lipinski definition) is 3. The van der Waals surface area contributed by atoms with Crippen LogP contribution in [-0.4, -0.2) is 22.4 Å². The zero-order chi connectivity index (χ0) is 16.8. The Morgan fingerprint density at radius 1 is 0.917 bits per heavy atom. The van der Waals surface area contributed by atoms with E-state index in [0.29, 0.717) is 11.2 Å². The third-order valence-electron chi connectivity index (χ3n) is 4.12. The second-order valence-electron chi connectivity index (χ2n) is 6.04. The van der Waals surface area contributed by atoms with E-state index in [2.05, 4.69) is 10.6 Å². The van der Waals surface area contributed by atoms with Crippen molar-refractivity contribution in [1.82, 2.24) is 5.32 Å². The molecule has 2 aromatic carbocycles. The molecule has 1 aliphatic carbocycles. The minimum Gasteiger partial charge on any atom is -0.457 e. The van der Waals surface area contributed by atoms with Gasteiger partial charge < -0.3 is 20.5 Å². The van der Waals surface area contributed by atoms with Gasteiger partial charge in [-0.15, -0.1) is 0 Å². The summed E-state index contributed by atoms with van der Waals surface area (Å²) in [6, 6.07) is 17.7. The van der Waals surface area contributed by atoms with E-state index in [-0.39, 0.29) is 6.10 Å². The van der Waals surface area contributed by atoms with Gasteiger partial charge in [-0.2, -0.15) is 0 Å². The van der Waals surface area contributed by atoms with E-state index in [1.54, 1.807) is 0 Å². The number of nitrogens with one attached hydrogen (secondary N) is 2. The predicted molar refractivity (Wildman–Crippen MR) is 101 cm³/mol. The zero-order valence-corrected chi connectivity index (χ0v) is 14.3. The number of aliphatic hydroxyl groups is 1. The van der Waals surface area contributed by atoms with E-state index in [1.807, 2.05) is 54.6 Å². The fourth-order valence-electron chi connectivity index (χ4n) is 2.80. The molecule has 0 radical (unpaired) electrons. The number of para-hydroxylation sites is 1. The zero-order valence-electron chi connectivity index (χ0n) is 13.4. The maximum atomic E-state index is 9.54. The van der Waals surface area contributed by atoms with E-state index in [0.717, 1.165) is 42.9 Å². The highest BCUT2D eigenvalue weighted by molar-refractivity contribution is 7.80. The summed E-state index contributed by atoms with van der Waals surface area (Å²) in [4.78, 5) is 0. The molecular weight excluding hydrogens is 320 g/mol. The van der Waals surface area contributed by atoms with Crippen molar-refractivity contribution < 1.29 is 9.84 Å². The van der Waals surface area contributed by atoms with Gasteiger partial charge in [-0.3, -0.25) is 0 Å². The average Bonchev–Trinajstić information content (AvgIpc) is 2.60. The van der Waals surface area contributed by atoms with E-state index < -0.39 is 0 Å². The van der Waals surface area contributed by atoms with Crippen LogP contribution in [0.5, 0.6) is 11.5 Å². The van der Waals surface area contributed by atoms with Crippen molar-refractivity contribution in [2.24, 2.45) is 0 Å². The minimum atomic E-state index is -0.151. The molecule has 0 amide bonds. The van der Waals surface area contributed by atoms with Crippen molar-refractivity contribution in [3.63, 3.8) is 0 Å². The van der Waals surface area contributed by atoms with Gasteiger partial charge >= 0.3 is 0 Å². The highest BCUT2D eigenvalue weighted by Gasteiger charge is 2.19. The Labute approximate surface area is 147 Å². The lowest BCUT2D eigenvalue weighted by Gasteiger charge is -2.27. The Balaban J connectivity index is 1.49. The highest BCUT2D eigenvalue weighted by Crippen LogP contribution is 2.23. The molecule has 126 valence electrons. The van der Waals surface area contributed by atoms with Gasteiger partial charge in [-0.25, -0.2) is 0 Å². The second-order valence-corrected chi connectivity index (χ2v) is 6.45. The first-order valence-corrected chi connectivity index (χ1v) is 8.68. The predicted octanol–water partition coefficient (Wildman–Crippen LogP) is 4.07. The molecule has 3 N–H and O–H groups in total. The van der Waals surface area contributed by atoms with E-state index in [4.69, 9.17) is 17.0 Å². The van der Waals surface area contributed by atoms with Crippen LogP contribution in [0.15, 0.2) is 54.6 Å². The Hall–Kier alpha value is -2.11. The van der Waals surface area contributed by atoms with Crippen LogP contribution < -0.4 is 15.4 Å². The van der Waals surface area contributed by atoms with Gasteiger partial charge in [0.05, 0.1) is 6.10 Å². The summed E-state index contributed by atoms with van der Waals surface area (Å²) < 4.78 is 5.77.